The second kappa shape index (κ2) is 6.25. The lowest BCUT2D eigenvalue weighted by atomic mass is 10.1. The monoisotopic (exact) mass is 397 g/mol. The van der Waals surface area contributed by atoms with E-state index >= 15 is 0 Å². The van der Waals surface area contributed by atoms with E-state index in [-0.39, 0.29) is 15.0 Å². The Morgan fingerprint density at radius 2 is 1.96 bits per heavy atom. The first-order chi connectivity index (χ1) is 11.7. The topological polar surface area (TPSA) is 102 Å². The van der Waals surface area contributed by atoms with Crippen LogP contribution in [-0.2, 0) is 10.0 Å². The van der Waals surface area contributed by atoms with Crippen LogP contribution in [0.2, 0.25) is 5.02 Å². The van der Waals surface area contributed by atoms with Crippen molar-refractivity contribution in [2.45, 2.75) is 18.7 Å². The fourth-order valence-electron chi connectivity index (χ4n) is 2.39. The van der Waals surface area contributed by atoms with Gasteiger partial charge in [-0.2, -0.15) is 0 Å². The molecule has 0 fully saturated rings. The highest BCUT2D eigenvalue weighted by molar-refractivity contribution is 7.93. The third-order valence-corrected chi connectivity index (χ3v) is 6.18. The number of sulfonamides is 1. The van der Waals surface area contributed by atoms with Gasteiger partial charge in [0, 0.05) is 6.07 Å². The standard InChI is InChI=1S/C15H12ClN3O4S2/c1-8-5-9(2)14-13(6-8)24-15(17-14)18-25(22,23)10-3-4-11(16)12(7-10)19(20)21/h3-7H,1-2H3,(H,17,18). The van der Waals surface area contributed by atoms with Crippen molar-refractivity contribution >= 4 is 54.0 Å². The van der Waals surface area contributed by atoms with Gasteiger partial charge in [0.2, 0.25) is 0 Å². The zero-order valence-electron chi connectivity index (χ0n) is 13.1. The average molecular weight is 398 g/mol. The summed E-state index contributed by atoms with van der Waals surface area (Å²) in [5.74, 6) is 0. The molecule has 3 rings (SSSR count). The lowest BCUT2D eigenvalue weighted by Crippen LogP contribution is -2.13. The van der Waals surface area contributed by atoms with Crippen molar-refractivity contribution in [3.8, 4) is 0 Å². The Morgan fingerprint density at radius 3 is 2.64 bits per heavy atom. The number of fused-ring (bicyclic) bond motifs is 1. The first kappa shape index (κ1) is 17.6. The molecule has 1 N–H and O–H groups in total. The van der Waals surface area contributed by atoms with E-state index in [9.17, 15) is 18.5 Å². The summed E-state index contributed by atoms with van der Waals surface area (Å²) in [5, 5.41) is 11.0. The van der Waals surface area contributed by atoms with E-state index in [4.69, 9.17) is 11.6 Å². The van der Waals surface area contributed by atoms with E-state index in [1.807, 2.05) is 26.0 Å². The molecule has 1 heterocycles. The molecule has 1 aromatic heterocycles. The van der Waals surface area contributed by atoms with Gasteiger partial charge in [0.25, 0.3) is 15.7 Å². The van der Waals surface area contributed by atoms with Crippen LogP contribution in [0.25, 0.3) is 10.2 Å². The van der Waals surface area contributed by atoms with Crippen molar-refractivity contribution in [2.75, 3.05) is 4.72 Å². The Labute approximate surface area is 152 Å². The number of hydrogen-bond donors (Lipinski definition) is 1. The molecule has 10 heteroatoms. The van der Waals surface area contributed by atoms with Gasteiger partial charge < -0.3 is 0 Å². The number of benzene rings is 2. The number of nitro groups is 1. The number of halogens is 1. The molecule has 0 amide bonds. The van der Waals surface area contributed by atoms with Gasteiger partial charge in [0.05, 0.1) is 20.0 Å². The molecule has 0 spiro atoms. The van der Waals surface area contributed by atoms with Gasteiger partial charge in [0.1, 0.15) is 5.02 Å². The van der Waals surface area contributed by atoms with Crippen LogP contribution < -0.4 is 4.72 Å². The highest BCUT2D eigenvalue weighted by Crippen LogP contribution is 2.32. The summed E-state index contributed by atoms with van der Waals surface area (Å²) in [6, 6.07) is 7.20. The Kier molecular flexibility index (Phi) is 4.40. The SMILES string of the molecule is Cc1cc(C)c2nc(NS(=O)(=O)c3ccc(Cl)c([N+](=O)[O-])c3)sc2c1. The largest absolute Gasteiger partial charge is 0.289 e. The smallest absolute Gasteiger partial charge is 0.258 e. The fourth-order valence-corrected chi connectivity index (χ4v) is 4.87. The van der Waals surface area contributed by atoms with E-state index in [0.717, 1.165) is 27.4 Å². The minimum Gasteiger partial charge on any atom is -0.258 e. The van der Waals surface area contributed by atoms with E-state index in [0.29, 0.717) is 0 Å². The maximum Gasteiger partial charge on any atom is 0.289 e. The van der Waals surface area contributed by atoms with Crippen molar-refractivity contribution in [1.29, 1.82) is 0 Å². The number of aryl methyl sites for hydroxylation is 2. The maximum atomic E-state index is 12.5. The number of thiazole rings is 1. The Balaban J connectivity index is 2.01. The van der Waals surface area contributed by atoms with Crippen LogP contribution in [0, 0.1) is 24.0 Å². The van der Waals surface area contributed by atoms with Gasteiger partial charge in [-0.1, -0.05) is 29.0 Å². The third-order valence-electron chi connectivity index (χ3n) is 3.48. The minimum atomic E-state index is -4.02. The molecule has 0 bridgehead atoms. The van der Waals surface area contributed by atoms with Gasteiger partial charge >= 0.3 is 0 Å². The summed E-state index contributed by atoms with van der Waals surface area (Å²) < 4.78 is 28.2. The van der Waals surface area contributed by atoms with Crippen LogP contribution in [0.1, 0.15) is 11.1 Å². The van der Waals surface area contributed by atoms with Crippen LogP contribution in [0.5, 0.6) is 0 Å². The predicted molar refractivity (Wildman–Crippen MR) is 98.0 cm³/mol. The van der Waals surface area contributed by atoms with Gasteiger partial charge in [-0.3, -0.25) is 14.8 Å². The van der Waals surface area contributed by atoms with Crippen molar-refractivity contribution < 1.29 is 13.3 Å². The molecule has 0 radical (unpaired) electrons. The number of nitrogens with zero attached hydrogens (tertiary/aromatic N) is 2. The summed E-state index contributed by atoms with van der Waals surface area (Å²) in [5.41, 5.74) is 2.24. The van der Waals surface area contributed by atoms with E-state index in [1.165, 1.54) is 23.5 Å². The number of anilines is 1. The second-order valence-electron chi connectivity index (χ2n) is 5.42. The van der Waals surface area contributed by atoms with E-state index in [1.54, 1.807) is 0 Å². The normalized spacial score (nSPS) is 11.6. The first-order valence-corrected chi connectivity index (χ1v) is 9.70. The molecular formula is C15H12ClN3O4S2. The summed E-state index contributed by atoms with van der Waals surface area (Å²) >= 11 is 6.92. The summed E-state index contributed by atoms with van der Waals surface area (Å²) in [7, 11) is -4.02. The zero-order valence-corrected chi connectivity index (χ0v) is 15.5. The molecule has 0 saturated carbocycles. The molecule has 0 atom stereocenters. The van der Waals surface area contributed by atoms with Gasteiger partial charge in [0.15, 0.2) is 5.13 Å². The molecule has 7 nitrogen and oxygen atoms in total. The van der Waals surface area contributed by atoms with Crippen molar-refractivity contribution in [2.24, 2.45) is 0 Å². The van der Waals surface area contributed by atoms with Crippen LogP contribution >= 0.6 is 22.9 Å². The number of nitro benzene ring substituents is 1. The van der Waals surface area contributed by atoms with Crippen LogP contribution in [0.4, 0.5) is 10.8 Å². The molecule has 0 aliphatic heterocycles. The minimum absolute atomic E-state index is 0.130. The highest BCUT2D eigenvalue weighted by Gasteiger charge is 2.22. The quantitative estimate of drug-likeness (QED) is 0.523. The molecular weight excluding hydrogens is 386 g/mol. The highest BCUT2D eigenvalue weighted by atomic mass is 35.5. The summed E-state index contributed by atoms with van der Waals surface area (Å²) in [6.07, 6.45) is 0. The fraction of sp³-hybridized carbons (Fsp3) is 0.133. The first-order valence-electron chi connectivity index (χ1n) is 7.02. The van der Waals surface area contributed by atoms with Gasteiger partial charge in [-0.25, -0.2) is 13.4 Å². The summed E-state index contributed by atoms with van der Waals surface area (Å²) in [4.78, 5) is 14.3. The molecule has 25 heavy (non-hydrogen) atoms. The Bertz CT molecular complexity index is 1110. The van der Waals surface area contributed by atoms with Crippen molar-refractivity contribution in [3.63, 3.8) is 0 Å². The molecule has 0 aliphatic carbocycles. The second-order valence-corrected chi connectivity index (χ2v) is 8.54. The van der Waals surface area contributed by atoms with Gasteiger partial charge in [-0.15, -0.1) is 0 Å². The third kappa shape index (κ3) is 3.44. The molecule has 0 unspecified atom stereocenters. The number of aromatic nitrogens is 1. The van der Waals surface area contributed by atoms with E-state index in [2.05, 4.69) is 9.71 Å². The van der Waals surface area contributed by atoms with Crippen LogP contribution in [-0.4, -0.2) is 18.3 Å². The van der Waals surface area contributed by atoms with Crippen LogP contribution in [0.3, 0.4) is 0 Å². The van der Waals surface area contributed by atoms with Gasteiger partial charge in [-0.05, 0) is 43.2 Å². The lowest BCUT2D eigenvalue weighted by Gasteiger charge is -2.05. The van der Waals surface area contributed by atoms with Crippen molar-refractivity contribution in [1.82, 2.24) is 4.98 Å². The van der Waals surface area contributed by atoms with E-state index < -0.39 is 20.6 Å². The Morgan fingerprint density at radius 1 is 1.24 bits per heavy atom. The molecule has 2 aromatic carbocycles. The number of hydrogen-bond acceptors (Lipinski definition) is 6. The number of nitrogens with one attached hydrogen (secondary N) is 1. The number of rotatable bonds is 4. The maximum absolute atomic E-state index is 12.5. The zero-order chi connectivity index (χ0) is 18.4. The summed E-state index contributed by atoms with van der Waals surface area (Å²) in [6.45, 7) is 3.85. The lowest BCUT2D eigenvalue weighted by molar-refractivity contribution is -0.384. The Hall–Kier alpha value is -2.23. The average Bonchev–Trinajstić information content (AvgIpc) is 2.88. The molecule has 130 valence electrons. The predicted octanol–water partition coefficient (Wildman–Crippen LogP) is 4.28. The molecule has 3 aromatic rings. The molecule has 0 saturated heterocycles. The van der Waals surface area contributed by atoms with Crippen LogP contribution in [0.15, 0.2) is 35.2 Å². The van der Waals surface area contributed by atoms with Crippen molar-refractivity contribution in [3.05, 3.63) is 56.6 Å². The molecule has 0 aliphatic rings.